The molecule has 0 saturated carbocycles. The molecule has 1 heterocycles. The Morgan fingerprint density at radius 2 is 1.59 bits per heavy atom. The second-order valence-electron chi connectivity index (χ2n) is 10.4. The molecule has 1 aromatic heterocycles. The number of para-hydroxylation sites is 1. The lowest BCUT2D eigenvalue weighted by Gasteiger charge is -2.23. The number of aromatic hydroxyl groups is 1. The normalized spacial score (nSPS) is 12.9. The van der Waals surface area contributed by atoms with Crippen LogP contribution in [0.3, 0.4) is 0 Å². The third kappa shape index (κ3) is 4.49. The highest BCUT2D eigenvalue weighted by Gasteiger charge is 2.38. The fourth-order valence-corrected chi connectivity index (χ4v) is 5.51. The van der Waals surface area contributed by atoms with E-state index in [4.69, 9.17) is 4.42 Å². The molecule has 0 fully saturated rings. The summed E-state index contributed by atoms with van der Waals surface area (Å²) in [5.74, 6) is -2.71. The summed E-state index contributed by atoms with van der Waals surface area (Å²) in [6, 6.07) is 25.8. The van der Waals surface area contributed by atoms with E-state index in [1.54, 1.807) is 48.5 Å². The number of carbonyl (C=O) groups excluding carboxylic acids is 1. The zero-order chi connectivity index (χ0) is 27.8. The van der Waals surface area contributed by atoms with Crippen LogP contribution in [0.2, 0.25) is 0 Å². The molecule has 0 bridgehead atoms. The van der Waals surface area contributed by atoms with Crippen molar-refractivity contribution in [2.45, 2.75) is 39.5 Å². The molecule has 2 aromatic carbocycles. The average Bonchev–Trinajstić information content (AvgIpc) is 3.15. The van der Waals surface area contributed by atoms with Crippen LogP contribution in [0.5, 0.6) is 5.75 Å². The van der Waals surface area contributed by atoms with Crippen molar-refractivity contribution in [3.8, 4) is 22.9 Å². The van der Waals surface area contributed by atoms with Gasteiger partial charge in [0.2, 0.25) is 0 Å². The molecular weight excluding hydrogens is 486 g/mol. The summed E-state index contributed by atoms with van der Waals surface area (Å²) in [7, 11) is 0. The lowest BCUT2D eigenvalue weighted by atomic mass is 9.77. The maximum Gasteiger partial charge on any atom is 0.343 e. The van der Waals surface area contributed by atoms with Crippen LogP contribution in [0.15, 0.2) is 88.1 Å². The van der Waals surface area contributed by atoms with Gasteiger partial charge in [0.25, 0.3) is 0 Å². The number of carbonyl (C=O) groups is 1. The largest absolute Gasteiger partial charge is 0.507 e. The molecule has 194 valence electrons. The van der Waals surface area contributed by atoms with Gasteiger partial charge >= 0.3 is 5.63 Å². The fraction of sp³-hybridized carbons (Fsp3) is 0.206. The van der Waals surface area contributed by atoms with E-state index >= 15 is 0 Å². The first-order chi connectivity index (χ1) is 18.7. The molecule has 2 aliphatic rings. The molecule has 3 aromatic rings. The van der Waals surface area contributed by atoms with Crippen molar-refractivity contribution in [1.29, 1.82) is 5.26 Å². The minimum absolute atomic E-state index is 0.100. The molecule has 39 heavy (non-hydrogen) atoms. The number of fused-ring (bicyclic) bond motifs is 2. The van der Waals surface area contributed by atoms with Gasteiger partial charge in [0.1, 0.15) is 17.3 Å². The number of Topliss-reactive ketones (excluding diaryl/α,β-unsaturated/α-hetero) is 1. The number of nitrogens with zero attached hydrogens (tertiary/aromatic N) is 1. The Labute approximate surface area is 227 Å². The first-order valence-electron chi connectivity index (χ1n) is 13.0. The number of hydrogen-bond donors (Lipinski definition) is 1. The number of benzene rings is 2. The maximum atomic E-state index is 14.3. The zero-order valence-corrected chi connectivity index (χ0v) is 22.4. The number of nitriles is 1. The monoisotopic (exact) mass is 515 g/mol. The van der Waals surface area contributed by atoms with Crippen molar-refractivity contribution < 1.29 is 14.3 Å². The molecule has 5 rings (SSSR count). The molecule has 0 spiro atoms. The molecule has 5 heteroatoms. The van der Waals surface area contributed by atoms with Gasteiger partial charge in [-0.15, -0.1) is 0 Å². The van der Waals surface area contributed by atoms with Crippen LogP contribution in [-0.2, 0) is 0 Å². The number of hydrogen-bond acceptors (Lipinski definition) is 5. The second-order valence-corrected chi connectivity index (χ2v) is 10.4. The minimum atomic E-state index is -1.29. The standard InChI is InChI=1S/C34H29NO4/c1-19(2)23-14-15-24-20(3)17-26(29(24)21(4)16-23)32(36)27(18-35)30(22-10-6-5-7-11-22)31-33(37)25-12-8-9-13-28(25)39-34(31)38/h5-17,19,27,30,37H,1-4H3. The highest BCUT2D eigenvalue weighted by atomic mass is 16.4. The first kappa shape index (κ1) is 25.9. The van der Waals surface area contributed by atoms with Gasteiger partial charge in [0.05, 0.1) is 17.0 Å². The Kier molecular flexibility index (Phi) is 6.80. The van der Waals surface area contributed by atoms with Crippen LogP contribution >= 0.6 is 0 Å². The van der Waals surface area contributed by atoms with E-state index in [1.165, 1.54) is 0 Å². The van der Waals surface area contributed by atoms with Crippen molar-refractivity contribution in [2.24, 2.45) is 5.92 Å². The Bertz CT molecular complexity index is 1780. The van der Waals surface area contributed by atoms with Gasteiger partial charge in [-0.2, -0.15) is 5.26 Å². The predicted octanol–water partition coefficient (Wildman–Crippen LogP) is 7.50. The van der Waals surface area contributed by atoms with Crippen LogP contribution in [0.25, 0.3) is 22.1 Å². The van der Waals surface area contributed by atoms with Crippen molar-refractivity contribution in [2.75, 3.05) is 0 Å². The molecule has 0 saturated heterocycles. The van der Waals surface area contributed by atoms with E-state index in [2.05, 4.69) is 32.0 Å². The maximum absolute atomic E-state index is 14.3. The van der Waals surface area contributed by atoms with Crippen LogP contribution in [0.1, 0.15) is 63.9 Å². The SMILES string of the molecule is Cc1cc(C(=O)C(C#N)C(c2ccccc2)c2c(O)c3ccccc3oc2=O)c2c(C)cc(C(C)C)ccc1-2. The number of rotatable bonds is 6. The van der Waals surface area contributed by atoms with Gasteiger partial charge in [-0.25, -0.2) is 4.79 Å². The van der Waals surface area contributed by atoms with E-state index in [0.29, 0.717) is 22.4 Å². The Morgan fingerprint density at radius 1 is 0.897 bits per heavy atom. The summed E-state index contributed by atoms with van der Waals surface area (Å²) < 4.78 is 5.56. The minimum Gasteiger partial charge on any atom is -0.507 e. The third-order valence-corrected chi connectivity index (χ3v) is 7.52. The van der Waals surface area contributed by atoms with E-state index in [-0.39, 0.29) is 16.9 Å². The molecule has 0 amide bonds. The summed E-state index contributed by atoms with van der Waals surface area (Å²) in [5, 5.41) is 22.1. The average molecular weight is 516 g/mol. The molecule has 2 unspecified atom stereocenters. The highest BCUT2D eigenvalue weighted by Crippen LogP contribution is 2.42. The van der Waals surface area contributed by atoms with Crippen LogP contribution in [0, 0.1) is 31.1 Å². The topological polar surface area (TPSA) is 91.3 Å². The lowest BCUT2D eigenvalue weighted by Crippen LogP contribution is -2.26. The Balaban J connectivity index is 1.74. The van der Waals surface area contributed by atoms with E-state index in [9.17, 15) is 20.0 Å². The van der Waals surface area contributed by atoms with E-state index in [1.807, 2.05) is 32.0 Å². The van der Waals surface area contributed by atoms with Crippen molar-refractivity contribution in [1.82, 2.24) is 0 Å². The molecule has 2 aliphatic carbocycles. The Morgan fingerprint density at radius 3 is 2.28 bits per heavy atom. The quantitative estimate of drug-likeness (QED) is 0.187. The number of ketones is 1. The van der Waals surface area contributed by atoms with Crippen molar-refractivity contribution in [3.05, 3.63) is 123 Å². The van der Waals surface area contributed by atoms with Crippen molar-refractivity contribution in [3.63, 3.8) is 0 Å². The summed E-state index contributed by atoms with van der Waals surface area (Å²) in [6.07, 6.45) is 0. The van der Waals surface area contributed by atoms with Gasteiger partial charge in [-0.1, -0.05) is 74.5 Å². The van der Waals surface area contributed by atoms with Gasteiger partial charge in [-0.05, 0) is 71.3 Å². The van der Waals surface area contributed by atoms with Gasteiger partial charge in [-0.3, -0.25) is 4.79 Å². The Hall–Kier alpha value is -4.69. The molecule has 1 N–H and O–H groups in total. The first-order valence-corrected chi connectivity index (χ1v) is 13.0. The molecule has 5 nitrogen and oxygen atoms in total. The van der Waals surface area contributed by atoms with E-state index < -0.39 is 23.2 Å². The van der Waals surface area contributed by atoms with E-state index in [0.717, 1.165) is 27.8 Å². The summed E-state index contributed by atoms with van der Waals surface area (Å²) in [4.78, 5) is 27.6. The zero-order valence-electron chi connectivity index (χ0n) is 22.4. The van der Waals surface area contributed by atoms with Crippen LogP contribution in [0.4, 0.5) is 0 Å². The predicted molar refractivity (Wildman–Crippen MR) is 152 cm³/mol. The summed E-state index contributed by atoms with van der Waals surface area (Å²) in [6.45, 7) is 8.17. The third-order valence-electron chi connectivity index (χ3n) is 7.52. The molecule has 0 radical (unpaired) electrons. The van der Waals surface area contributed by atoms with Crippen LogP contribution < -0.4 is 5.63 Å². The van der Waals surface area contributed by atoms with Crippen molar-refractivity contribution >= 4 is 16.8 Å². The van der Waals surface area contributed by atoms with Crippen LogP contribution in [-0.4, -0.2) is 10.9 Å². The fourth-order valence-electron chi connectivity index (χ4n) is 5.51. The molecule has 0 aliphatic heterocycles. The highest BCUT2D eigenvalue weighted by molar-refractivity contribution is 6.08. The van der Waals surface area contributed by atoms with Gasteiger partial charge < -0.3 is 9.52 Å². The number of aryl methyl sites for hydroxylation is 2. The molecular formula is C34H29NO4. The summed E-state index contributed by atoms with van der Waals surface area (Å²) in [5.41, 5.74) is 5.12. The smallest absolute Gasteiger partial charge is 0.343 e. The second kappa shape index (κ2) is 10.2. The van der Waals surface area contributed by atoms with Gasteiger partial charge in [0, 0.05) is 11.5 Å². The molecule has 2 atom stereocenters. The summed E-state index contributed by atoms with van der Waals surface area (Å²) >= 11 is 0. The van der Waals surface area contributed by atoms with Gasteiger partial charge in [0.15, 0.2) is 5.78 Å². The lowest BCUT2D eigenvalue weighted by molar-refractivity contribution is 0.0940.